The number of amides is 4. The van der Waals surface area contributed by atoms with Crippen molar-refractivity contribution in [1.29, 1.82) is 5.41 Å². The minimum Gasteiger partial charge on any atom is -0.481 e. The topological polar surface area (TPSA) is 301 Å². The van der Waals surface area contributed by atoms with Crippen LogP contribution in [0.25, 0.3) is 0 Å². The molecule has 9 saturated heterocycles. The molecule has 9 fully saturated rings. The number of rotatable bonds is 17. The molecule has 0 aromatic carbocycles. The van der Waals surface area contributed by atoms with E-state index in [0.29, 0.717) is 79.8 Å². The molecule has 0 saturated carbocycles. The van der Waals surface area contributed by atoms with Gasteiger partial charge in [-0.15, -0.1) is 0 Å². The van der Waals surface area contributed by atoms with Gasteiger partial charge in [0.25, 0.3) is 0 Å². The maximum Gasteiger partial charge on any atom is 0.321 e. The number of likely N-dealkylation sites (tertiary alicyclic amines) is 5. The van der Waals surface area contributed by atoms with Crippen LogP contribution in [-0.4, -0.2) is 369 Å². The van der Waals surface area contributed by atoms with Gasteiger partial charge in [-0.3, -0.25) is 73.3 Å². The predicted molar refractivity (Wildman–Crippen MR) is 461 cm³/mol. The molecule has 9 aliphatic rings. The van der Waals surface area contributed by atoms with Crippen LogP contribution in [0.2, 0.25) is 0 Å². The molecule has 113 heavy (non-hydrogen) atoms. The summed E-state index contributed by atoms with van der Waals surface area (Å²) in [5.41, 5.74) is 5.38. The van der Waals surface area contributed by atoms with Crippen molar-refractivity contribution < 1.29 is 53.7 Å². The summed E-state index contributed by atoms with van der Waals surface area (Å²) < 4.78 is 0. The molecule has 660 valence electrons. The second-order valence-corrected chi connectivity index (χ2v) is 35.9. The first-order valence-corrected chi connectivity index (χ1v) is 43.7. The number of aliphatic carboxylic acids is 2. The Morgan fingerprint density at radius 2 is 0.673 bits per heavy atom. The van der Waals surface area contributed by atoms with E-state index in [1.165, 1.54) is 25.7 Å². The van der Waals surface area contributed by atoms with Crippen molar-refractivity contribution in [3.63, 3.8) is 0 Å². The van der Waals surface area contributed by atoms with Crippen molar-refractivity contribution in [2.24, 2.45) is 41.2 Å². The van der Waals surface area contributed by atoms with Gasteiger partial charge in [0, 0.05) is 199 Å². The molecule has 27 nitrogen and oxygen atoms in total. The number of carbonyl (C=O) groups excluding carboxylic acids is 6. The lowest BCUT2D eigenvalue weighted by molar-refractivity contribution is -0.144. The molecule has 4 amide bonds. The van der Waals surface area contributed by atoms with E-state index in [4.69, 9.17) is 21.4 Å². The van der Waals surface area contributed by atoms with Gasteiger partial charge in [0.2, 0.25) is 11.8 Å². The molecule has 0 radical (unpaired) electrons. The summed E-state index contributed by atoms with van der Waals surface area (Å²) in [5, 5.41) is 37.0. The molecule has 0 spiro atoms. The number of nitrogens with one attached hydrogen (secondary N) is 2. The molecule has 0 aromatic heterocycles. The first kappa shape index (κ1) is 106. The van der Waals surface area contributed by atoms with Gasteiger partial charge >= 0.3 is 18.0 Å². The lowest BCUT2D eigenvalue weighted by Crippen LogP contribution is -2.54. The van der Waals surface area contributed by atoms with Gasteiger partial charge in [0.15, 0.2) is 5.96 Å². The van der Waals surface area contributed by atoms with Crippen LogP contribution in [0.5, 0.6) is 0 Å². The maximum absolute atomic E-state index is 11.7. The molecule has 2 atom stereocenters. The second-order valence-electron chi connectivity index (χ2n) is 35.9. The molecule has 9 heterocycles. The van der Waals surface area contributed by atoms with Crippen LogP contribution < -0.4 is 11.1 Å². The van der Waals surface area contributed by atoms with Crippen molar-refractivity contribution in [1.82, 2.24) is 69.0 Å². The third-order valence-corrected chi connectivity index (χ3v) is 23.9. The lowest BCUT2D eigenvalue weighted by Gasteiger charge is -2.37. The van der Waals surface area contributed by atoms with Crippen molar-refractivity contribution in [2.75, 3.05) is 177 Å². The van der Waals surface area contributed by atoms with Crippen LogP contribution in [0.3, 0.4) is 0 Å². The Hall–Kier alpha value is -4.97. The number of piperidine rings is 4. The number of nitrogens with zero attached hydrogens (tertiary/aromatic N) is 13. The van der Waals surface area contributed by atoms with E-state index < -0.39 is 24.1 Å². The van der Waals surface area contributed by atoms with Crippen LogP contribution in [-0.2, 0) is 33.6 Å². The van der Waals surface area contributed by atoms with Crippen molar-refractivity contribution >= 4 is 53.1 Å². The zero-order chi connectivity index (χ0) is 86.1. The zero-order valence-electron chi connectivity index (χ0n) is 76.2. The number of β-amino-alcohol motifs (C(OH)–C–C–N with tert-alkyl or cyclic N) is 1. The summed E-state index contributed by atoms with van der Waals surface area (Å²) in [6, 6.07) is 3.62. The number of aliphatic hydroxyl groups is 1. The Morgan fingerprint density at radius 1 is 0.372 bits per heavy atom. The average Bonchev–Trinajstić information content (AvgIpc) is 1.76. The number of nitrogens with two attached hydrogens (primary N) is 1. The summed E-state index contributed by atoms with van der Waals surface area (Å²) in [6.07, 6.45) is 8.55. The number of carboxylic acid groups (broad SMARTS) is 2. The minimum absolute atomic E-state index is 0.0772. The molecule has 0 aliphatic carbocycles. The average molecular weight is 1600 g/mol. The van der Waals surface area contributed by atoms with Crippen LogP contribution in [0, 0.1) is 40.9 Å². The molecule has 27 heteroatoms. The van der Waals surface area contributed by atoms with Crippen LogP contribution in [0.15, 0.2) is 0 Å². The van der Waals surface area contributed by atoms with Crippen molar-refractivity contribution in [2.45, 2.75) is 291 Å². The monoisotopic (exact) mass is 1600 g/mol. The quantitative estimate of drug-likeness (QED) is 0.0585. The highest BCUT2D eigenvalue weighted by atomic mass is 16.4. The van der Waals surface area contributed by atoms with Crippen LogP contribution >= 0.6 is 0 Å². The number of aliphatic hydroxyl groups excluding tert-OH is 1. The zero-order valence-corrected chi connectivity index (χ0v) is 76.2. The fourth-order valence-electron chi connectivity index (χ4n) is 15.7. The standard InChI is InChI=1S/C11H23N3O.C11H21NO.C10H20N2O.2C10H19NO.C9H18N2O.C9H17NO2.C8H18N4.C8H15NO3/c1-9(2)12-11(15)14-7-5-13(6-8-14)10(3)4;1-9(2)11-4-6-12(7-5-11)8-10(3)13;1-9(2)12-6-4-11(5-7-12)8-10(3)13;1-8(2)11-6-4-10(5-7-11)9(3)12;2*1-8(2)10-4-6-11(7-5-10)9(3)12;1-7(2)10-5-3-8(4-6-10)9(11)12;1-7(2)11-3-5-12(6-4-11)8(9)10;1-5(2)9-4-6(10)3-7(9)8(11)12/h9-10H,5-8H2,1-4H3,(H,12,15);9,11H,4-8H2,1-3H3;9H,4-8H2,1-3H3;2*8,10H,4-7H2,1-3H3;8H,4-7H2,1-3H3;7-8H,3-6H2,1-2H3,(H,11,12);7H,3-6H2,1-2H3,(H3,9,10);5-7,10H,3-4H2,1-2H3,(H,11,12)/t;;;;;;;;6-,7+/m........1/s1. The highest BCUT2D eigenvalue weighted by Crippen LogP contribution is 2.27. The lowest BCUT2D eigenvalue weighted by atomic mass is 9.87. The van der Waals surface area contributed by atoms with Gasteiger partial charge in [-0.1, -0.05) is 27.7 Å². The number of hydrogen-bond donors (Lipinski definition) is 6. The molecule has 0 aromatic rings. The van der Waals surface area contributed by atoms with E-state index in [1.54, 1.807) is 34.6 Å². The summed E-state index contributed by atoms with van der Waals surface area (Å²) in [6.45, 7) is 77.4. The number of guanidine groups is 1. The van der Waals surface area contributed by atoms with Crippen molar-refractivity contribution in [3.05, 3.63) is 0 Å². The number of carboxylic acids is 2. The summed E-state index contributed by atoms with van der Waals surface area (Å²) in [5.74, 6) is 3.68. The molecular formula is C86H170N16O11. The molecule has 0 bridgehead atoms. The van der Waals surface area contributed by atoms with Gasteiger partial charge in [0.05, 0.1) is 25.1 Å². The summed E-state index contributed by atoms with van der Waals surface area (Å²) in [7, 11) is 0. The summed E-state index contributed by atoms with van der Waals surface area (Å²) in [4.78, 5) is 116. The Balaban J connectivity index is 0.000000636. The van der Waals surface area contributed by atoms with E-state index in [-0.39, 0.29) is 47.6 Å². The highest BCUT2D eigenvalue weighted by molar-refractivity contribution is 5.79. The van der Waals surface area contributed by atoms with Crippen LogP contribution in [0.4, 0.5) is 4.79 Å². The van der Waals surface area contributed by atoms with E-state index in [0.717, 1.165) is 206 Å². The van der Waals surface area contributed by atoms with Gasteiger partial charge in [-0.2, -0.15) is 0 Å². The third-order valence-electron chi connectivity index (χ3n) is 23.9. The van der Waals surface area contributed by atoms with Gasteiger partial charge in [-0.05, 0) is 246 Å². The van der Waals surface area contributed by atoms with Crippen molar-refractivity contribution in [3.8, 4) is 0 Å². The number of piperazine rings is 4. The van der Waals surface area contributed by atoms with Gasteiger partial charge in [0.1, 0.15) is 23.4 Å². The minimum atomic E-state index is -0.833. The maximum atomic E-state index is 11.7. The fourth-order valence-corrected chi connectivity index (χ4v) is 15.7. The van der Waals surface area contributed by atoms with Gasteiger partial charge in [-0.25, -0.2) is 4.79 Å². The Labute approximate surface area is 687 Å². The second kappa shape index (κ2) is 56.4. The first-order valence-electron chi connectivity index (χ1n) is 43.7. The van der Waals surface area contributed by atoms with E-state index in [1.807, 2.05) is 52.2 Å². The molecule has 9 aliphatic heterocycles. The SMILES string of the molecule is CC(=O)C1CCN(C(C)C)CC1.CC(=O)CN1CCC(C(C)C)CC1.CC(=O)CN1CCN(C(C)C)CC1.CC(=O)N1CCC(C(C)C)CC1.CC(=O)N1CCN(C(C)C)CC1.CC(C)N1CCC(C(=O)O)CC1.CC(C)N1CCN(C(=N)N)CC1.CC(C)N1C[C@H](O)C[C@H]1C(=O)O.CC(C)NC(=O)N1CCN(C(C)C)CC1. The molecule has 7 N–H and O–H groups in total. The highest BCUT2D eigenvalue weighted by Gasteiger charge is 2.37. The van der Waals surface area contributed by atoms with Gasteiger partial charge < -0.3 is 55.8 Å². The largest absolute Gasteiger partial charge is 0.481 e. The van der Waals surface area contributed by atoms with Crippen LogP contribution in [0.1, 0.15) is 231 Å². The third kappa shape index (κ3) is 44.4. The number of ketones is 3. The fraction of sp³-hybridized carbons (Fsp3) is 0.895. The van der Waals surface area contributed by atoms with E-state index in [2.05, 4.69) is 155 Å². The Bertz CT molecular complexity index is 2400. The van der Waals surface area contributed by atoms with E-state index in [9.17, 15) is 43.5 Å². The Morgan fingerprint density at radius 3 is 0.947 bits per heavy atom. The normalized spacial score (nSPS) is 21.6. The number of carbonyl (C=O) groups is 8. The predicted octanol–water partition coefficient (Wildman–Crippen LogP) is 8.84. The molecular weight excluding hydrogens is 1430 g/mol. The number of urea groups is 1. The number of Topliss-reactive ketones (excluding diaryl/α,β-unsaturated/α-hetero) is 3. The molecule has 9 rings (SSSR count). The molecule has 0 unspecified atom stereocenters. The smallest absolute Gasteiger partial charge is 0.321 e. The summed E-state index contributed by atoms with van der Waals surface area (Å²) >= 11 is 0. The first-order chi connectivity index (χ1) is 52.8. The Kier molecular flexibility index (Phi) is 53.0. The number of hydrogen-bond acceptors (Lipinski definition) is 19. The van der Waals surface area contributed by atoms with E-state index >= 15 is 0 Å².